The van der Waals surface area contributed by atoms with E-state index >= 15 is 0 Å². The lowest BCUT2D eigenvalue weighted by atomic mass is 9.64. The predicted octanol–water partition coefficient (Wildman–Crippen LogP) is 6.16. The average molecular weight is 561 g/mol. The molecule has 0 saturated carbocycles. The van der Waals surface area contributed by atoms with Crippen molar-refractivity contribution < 1.29 is 14.4 Å². The highest BCUT2D eigenvalue weighted by molar-refractivity contribution is 9.10. The maximum atomic E-state index is 14.5. The third-order valence-electron chi connectivity index (χ3n) is 8.14. The molecule has 4 aromatic rings. The first kappa shape index (κ1) is 23.0. The highest BCUT2D eigenvalue weighted by Crippen LogP contribution is 2.60. The molecular formula is C32H21BrN2O3. The van der Waals surface area contributed by atoms with Gasteiger partial charge in [-0.15, -0.1) is 0 Å². The van der Waals surface area contributed by atoms with Crippen molar-refractivity contribution in [1.82, 2.24) is 4.98 Å². The topological polar surface area (TPSA) is 67.3 Å². The molecule has 0 amide bonds. The lowest BCUT2D eigenvalue weighted by Crippen LogP contribution is -2.48. The molecule has 1 unspecified atom stereocenters. The standard InChI is InChI=1S/C32H21BrN2O3/c33-22-13-14-25-20(17-22)12-15-26-32(30(37)23-10-4-5-11-24(23)31(32)38)27(21-9-6-16-34-18-21)28(35(25)26)29(36)19-7-2-1-3-8-19/h1-18,26-28H/t26?,27-,28+/m0/s1. The van der Waals surface area contributed by atoms with Gasteiger partial charge in [0.15, 0.2) is 17.3 Å². The summed E-state index contributed by atoms with van der Waals surface area (Å²) in [5, 5.41) is 0. The van der Waals surface area contributed by atoms with Gasteiger partial charge in [0.05, 0.1) is 6.04 Å². The van der Waals surface area contributed by atoms with Crippen molar-refractivity contribution in [1.29, 1.82) is 0 Å². The van der Waals surface area contributed by atoms with E-state index in [0.717, 1.165) is 15.7 Å². The van der Waals surface area contributed by atoms with Crippen molar-refractivity contribution >= 4 is 45.0 Å². The van der Waals surface area contributed by atoms with E-state index in [1.165, 1.54) is 0 Å². The molecule has 0 radical (unpaired) electrons. The predicted molar refractivity (Wildman–Crippen MR) is 149 cm³/mol. The third kappa shape index (κ3) is 2.98. The van der Waals surface area contributed by atoms with Gasteiger partial charge in [0.1, 0.15) is 11.5 Å². The first-order valence-electron chi connectivity index (χ1n) is 12.5. The smallest absolute Gasteiger partial charge is 0.185 e. The fourth-order valence-electron chi connectivity index (χ4n) is 6.65. The van der Waals surface area contributed by atoms with E-state index in [-0.39, 0.29) is 17.3 Å². The molecule has 3 atom stereocenters. The first-order chi connectivity index (χ1) is 18.5. The zero-order chi connectivity index (χ0) is 26.0. The van der Waals surface area contributed by atoms with E-state index in [9.17, 15) is 14.4 Å². The molecule has 3 aliphatic rings. The Kier molecular flexibility index (Phi) is 5.10. The summed E-state index contributed by atoms with van der Waals surface area (Å²) in [4.78, 5) is 49.9. The molecule has 38 heavy (non-hydrogen) atoms. The van der Waals surface area contributed by atoms with Crippen LogP contribution in [-0.4, -0.2) is 34.4 Å². The zero-order valence-corrected chi connectivity index (χ0v) is 21.7. The molecule has 2 aliphatic heterocycles. The number of aromatic nitrogens is 1. The minimum atomic E-state index is -1.51. The summed E-state index contributed by atoms with van der Waals surface area (Å²) in [6.07, 6.45) is 7.23. The van der Waals surface area contributed by atoms with Gasteiger partial charge in [-0.3, -0.25) is 19.4 Å². The molecule has 3 aromatic carbocycles. The number of ketones is 3. The van der Waals surface area contributed by atoms with Gasteiger partial charge >= 0.3 is 0 Å². The van der Waals surface area contributed by atoms with Gasteiger partial charge in [-0.05, 0) is 35.4 Å². The van der Waals surface area contributed by atoms with Gasteiger partial charge < -0.3 is 4.90 Å². The molecule has 3 heterocycles. The first-order valence-corrected chi connectivity index (χ1v) is 13.3. The Morgan fingerprint density at radius 1 is 0.868 bits per heavy atom. The number of anilines is 1. The van der Waals surface area contributed by atoms with E-state index in [1.54, 1.807) is 54.9 Å². The lowest BCUT2D eigenvalue weighted by molar-refractivity contribution is 0.0666. The summed E-state index contributed by atoms with van der Waals surface area (Å²) in [7, 11) is 0. The van der Waals surface area contributed by atoms with Crippen LogP contribution in [0.25, 0.3) is 6.08 Å². The van der Waals surface area contributed by atoms with Crippen LogP contribution in [0.15, 0.2) is 108 Å². The molecule has 1 aromatic heterocycles. The quantitative estimate of drug-likeness (QED) is 0.222. The summed E-state index contributed by atoms with van der Waals surface area (Å²) in [5.74, 6) is -1.37. The second-order valence-electron chi connectivity index (χ2n) is 9.93. The van der Waals surface area contributed by atoms with Crippen LogP contribution < -0.4 is 4.90 Å². The molecular weight excluding hydrogens is 540 g/mol. The fraction of sp³-hybridized carbons (Fsp3) is 0.125. The maximum absolute atomic E-state index is 14.5. The minimum absolute atomic E-state index is 0.137. The third-order valence-corrected chi connectivity index (χ3v) is 8.63. The maximum Gasteiger partial charge on any atom is 0.185 e. The van der Waals surface area contributed by atoms with Crippen molar-refractivity contribution in [2.24, 2.45) is 5.41 Å². The molecule has 5 nitrogen and oxygen atoms in total. The van der Waals surface area contributed by atoms with Crippen molar-refractivity contribution in [2.45, 2.75) is 18.0 Å². The van der Waals surface area contributed by atoms with Gasteiger partial charge in [-0.25, -0.2) is 0 Å². The summed E-state index contributed by atoms with van der Waals surface area (Å²) in [6.45, 7) is 0. The van der Waals surface area contributed by atoms with E-state index in [0.29, 0.717) is 22.3 Å². The van der Waals surface area contributed by atoms with Gasteiger partial charge in [0, 0.05) is 45.2 Å². The monoisotopic (exact) mass is 560 g/mol. The molecule has 184 valence electrons. The Morgan fingerprint density at radius 3 is 2.26 bits per heavy atom. The molecule has 0 bridgehead atoms. The second-order valence-corrected chi connectivity index (χ2v) is 10.8. The van der Waals surface area contributed by atoms with Gasteiger partial charge in [-0.2, -0.15) is 0 Å². The van der Waals surface area contributed by atoms with Crippen LogP contribution in [0.1, 0.15) is 48.1 Å². The number of rotatable bonds is 3. The number of pyridine rings is 1. The number of carbonyl (C=O) groups is 3. The number of Topliss-reactive ketones (excluding diaryl/α,β-unsaturated/α-hetero) is 3. The number of carbonyl (C=O) groups excluding carboxylic acids is 3. The van der Waals surface area contributed by atoms with E-state index < -0.39 is 23.4 Å². The molecule has 7 rings (SSSR count). The van der Waals surface area contributed by atoms with E-state index in [1.807, 2.05) is 59.5 Å². The summed E-state index contributed by atoms with van der Waals surface area (Å²) in [6, 6.07) is 24.2. The Bertz CT molecular complexity index is 1630. The number of fused-ring (bicyclic) bond motifs is 5. The Hall–Kier alpha value is -4.16. The zero-order valence-electron chi connectivity index (χ0n) is 20.1. The molecule has 1 fully saturated rings. The second kappa shape index (κ2) is 8.43. The number of nitrogens with zero attached hydrogens (tertiary/aromatic N) is 2. The molecule has 1 saturated heterocycles. The SMILES string of the molecule is O=C(c1ccccc1)[C@H]1[C@H](c2cccnc2)C2(C(=O)c3ccccc3C2=O)C2C=Cc3cc(Br)ccc3N21. The van der Waals surface area contributed by atoms with Crippen molar-refractivity contribution in [2.75, 3.05) is 4.90 Å². The van der Waals surface area contributed by atoms with Crippen molar-refractivity contribution in [3.05, 3.63) is 136 Å². The van der Waals surface area contributed by atoms with Crippen LogP contribution >= 0.6 is 15.9 Å². The molecule has 1 aliphatic carbocycles. The normalized spacial score (nSPS) is 22.3. The number of hydrogen-bond donors (Lipinski definition) is 0. The Labute approximate surface area is 228 Å². The summed E-state index contributed by atoms with van der Waals surface area (Å²) < 4.78 is 0.906. The molecule has 6 heteroatoms. The minimum Gasteiger partial charge on any atom is -0.352 e. The van der Waals surface area contributed by atoms with Crippen molar-refractivity contribution in [3.63, 3.8) is 0 Å². The fourth-order valence-corrected chi connectivity index (χ4v) is 7.03. The average Bonchev–Trinajstić information content (AvgIpc) is 3.39. The number of halogens is 1. The van der Waals surface area contributed by atoms with Crippen LogP contribution in [0.5, 0.6) is 0 Å². The van der Waals surface area contributed by atoms with Gasteiger partial charge in [-0.1, -0.05) is 88.7 Å². The number of hydrogen-bond acceptors (Lipinski definition) is 5. The molecule has 1 spiro atoms. The van der Waals surface area contributed by atoms with Crippen LogP contribution in [0.2, 0.25) is 0 Å². The number of benzene rings is 3. The summed E-state index contributed by atoms with van der Waals surface area (Å²) >= 11 is 3.55. The van der Waals surface area contributed by atoms with E-state index in [4.69, 9.17) is 0 Å². The Balaban J connectivity index is 1.55. The van der Waals surface area contributed by atoms with Crippen LogP contribution in [0.3, 0.4) is 0 Å². The highest BCUT2D eigenvalue weighted by atomic mass is 79.9. The molecule has 0 N–H and O–H groups in total. The van der Waals surface area contributed by atoms with Gasteiger partial charge in [0.25, 0.3) is 0 Å². The van der Waals surface area contributed by atoms with Crippen LogP contribution in [0, 0.1) is 5.41 Å². The summed E-state index contributed by atoms with van der Waals surface area (Å²) in [5.41, 5.74) is 2.27. The van der Waals surface area contributed by atoms with Gasteiger partial charge in [0.2, 0.25) is 0 Å². The van der Waals surface area contributed by atoms with Crippen LogP contribution in [0.4, 0.5) is 5.69 Å². The largest absolute Gasteiger partial charge is 0.352 e. The van der Waals surface area contributed by atoms with Crippen molar-refractivity contribution in [3.8, 4) is 0 Å². The van der Waals surface area contributed by atoms with Crippen LogP contribution in [-0.2, 0) is 0 Å². The Morgan fingerprint density at radius 2 is 1.58 bits per heavy atom. The highest BCUT2D eigenvalue weighted by Gasteiger charge is 2.71. The lowest BCUT2D eigenvalue weighted by Gasteiger charge is -2.37. The van der Waals surface area contributed by atoms with E-state index in [2.05, 4.69) is 20.9 Å².